The Morgan fingerprint density at radius 1 is 1.00 bits per heavy atom. The summed E-state index contributed by atoms with van der Waals surface area (Å²) in [5, 5.41) is 16.1. The third-order valence-corrected chi connectivity index (χ3v) is 5.81. The lowest BCUT2D eigenvalue weighted by atomic mass is 10.1. The summed E-state index contributed by atoms with van der Waals surface area (Å²) >= 11 is 1.39. The first-order chi connectivity index (χ1) is 14.7. The number of fused-ring (bicyclic) bond motifs is 1. The Balaban J connectivity index is 1.40. The van der Waals surface area contributed by atoms with Crippen molar-refractivity contribution in [2.24, 2.45) is 0 Å². The Labute approximate surface area is 176 Å². The second-order valence-electron chi connectivity index (χ2n) is 6.69. The van der Waals surface area contributed by atoms with E-state index in [0.29, 0.717) is 21.9 Å². The second-order valence-corrected chi connectivity index (χ2v) is 7.69. The van der Waals surface area contributed by atoms with Gasteiger partial charge in [-0.05, 0) is 31.2 Å². The lowest BCUT2D eigenvalue weighted by Gasteiger charge is -2.07. The van der Waals surface area contributed by atoms with Gasteiger partial charge in [-0.3, -0.25) is 4.79 Å². The van der Waals surface area contributed by atoms with Crippen molar-refractivity contribution in [3.8, 4) is 21.8 Å². The van der Waals surface area contributed by atoms with Gasteiger partial charge in [0.25, 0.3) is 5.91 Å². The smallest absolute Gasteiger partial charge is 0.267 e. The van der Waals surface area contributed by atoms with Gasteiger partial charge >= 0.3 is 0 Å². The van der Waals surface area contributed by atoms with Crippen LogP contribution in [0.5, 0.6) is 0 Å². The number of benzene rings is 2. The average Bonchev–Trinajstić information content (AvgIpc) is 3.40. The van der Waals surface area contributed by atoms with Gasteiger partial charge in [0, 0.05) is 16.8 Å². The number of nitrogens with zero attached hydrogens (tertiary/aromatic N) is 5. The number of rotatable bonds is 4. The van der Waals surface area contributed by atoms with E-state index in [9.17, 15) is 4.79 Å². The van der Waals surface area contributed by atoms with Gasteiger partial charge in [0.2, 0.25) is 0 Å². The van der Waals surface area contributed by atoms with Crippen LogP contribution in [0.2, 0.25) is 0 Å². The van der Waals surface area contributed by atoms with Gasteiger partial charge in [-0.2, -0.15) is 9.61 Å². The lowest BCUT2D eigenvalue weighted by Crippen LogP contribution is -2.11. The molecule has 5 aromatic rings. The van der Waals surface area contributed by atoms with E-state index >= 15 is 0 Å². The molecule has 0 aliphatic heterocycles. The van der Waals surface area contributed by atoms with E-state index in [0.717, 1.165) is 21.8 Å². The van der Waals surface area contributed by atoms with Gasteiger partial charge in [0.1, 0.15) is 16.2 Å². The standard InChI is InChI=1S/C22H16N6OS/c1-14-20(30-22(24-14)15-6-3-2-4-7-15)21(29)25-17-9-5-8-16(12-17)18-10-11-19-26-23-13-28(19)27-18/h2-13H,1H3,(H,25,29). The summed E-state index contributed by atoms with van der Waals surface area (Å²) in [5.74, 6) is -0.174. The van der Waals surface area contributed by atoms with Crippen LogP contribution in [0, 0.1) is 6.92 Å². The number of amides is 1. The van der Waals surface area contributed by atoms with Crippen LogP contribution in [0.1, 0.15) is 15.4 Å². The lowest BCUT2D eigenvalue weighted by molar-refractivity contribution is 0.103. The number of aryl methyl sites for hydroxylation is 1. The van der Waals surface area contributed by atoms with Crippen LogP contribution in [0.3, 0.4) is 0 Å². The highest BCUT2D eigenvalue weighted by molar-refractivity contribution is 7.17. The highest BCUT2D eigenvalue weighted by atomic mass is 32.1. The Kier molecular flexibility index (Phi) is 4.53. The minimum Gasteiger partial charge on any atom is -0.321 e. The minimum absolute atomic E-state index is 0.174. The van der Waals surface area contributed by atoms with Crippen molar-refractivity contribution in [3.63, 3.8) is 0 Å². The molecule has 1 amide bonds. The molecule has 3 heterocycles. The van der Waals surface area contributed by atoms with Crippen LogP contribution in [-0.4, -0.2) is 30.7 Å². The van der Waals surface area contributed by atoms with Crippen LogP contribution in [0.25, 0.3) is 27.5 Å². The molecule has 8 heteroatoms. The van der Waals surface area contributed by atoms with Crippen molar-refractivity contribution in [1.82, 2.24) is 24.8 Å². The van der Waals surface area contributed by atoms with Crippen LogP contribution in [-0.2, 0) is 0 Å². The number of aromatic nitrogens is 5. The summed E-state index contributed by atoms with van der Waals surface area (Å²) in [5.41, 5.74) is 4.73. The second kappa shape index (κ2) is 7.49. The first-order valence-electron chi connectivity index (χ1n) is 9.29. The number of anilines is 1. The van der Waals surface area contributed by atoms with E-state index in [1.165, 1.54) is 11.3 Å². The number of hydrogen-bond donors (Lipinski definition) is 1. The third kappa shape index (κ3) is 3.44. The molecule has 0 bridgehead atoms. The molecule has 7 nitrogen and oxygen atoms in total. The molecular formula is C22H16N6OS. The molecule has 3 aromatic heterocycles. The molecule has 0 saturated heterocycles. The third-order valence-electron chi connectivity index (χ3n) is 4.60. The number of carbonyl (C=O) groups excluding carboxylic acids is 1. The zero-order chi connectivity index (χ0) is 20.5. The van der Waals surface area contributed by atoms with E-state index in [-0.39, 0.29) is 5.91 Å². The van der Waals surface area contributed by atoms with E-state index in [4.69, 9.17) is 0 Å². The summed E-state index contributed by atoms with van der Waals surface area (Å²) in [6.07, 6.45) is 1.56. The van der Waals surface area contributed by atoms with Crippen LogP contribution in [0.4, 0.5) is 5.69 Å². The molecule has 0 aliphatic rings. The van der Waals surface area contributed by atoms with E-state index < -0.39 is 0 Å². The summed E-state index contributed by atoms with van der Waals surface area (Å²) < 4.78 is 1.62. The first kappa shape index (κ1) is 18.1. The van der Waals surface area contributed by atoms with Crippen LogP contribution < -0.4 is 5.32 Å². The Morgan fingerprint density at radius 3 is 2.70 bits per heavy atom. The zero-order valence-electron chi connectivity index (χ0n) is 16.0. The molecule has 0 fully saturated rings. The quantitative estimate of drug-likeness (QED) is 0.471. The van der Waals surface area contributed by atoms with Crippen molar-refractivity contribution in [2.45, 2.75) is 6.92 Å². The summed E-state index contributed by atoms with van der Waals surface area (Å²) in [6, 6.07) is 21.2. The predicted octanol–water partition coefficient (Wildman–Crippen LogP) is 4.48. The van der Waals surface area contributed by atoms with Crippen molar-refractivity contribution < 1.29 is 4.79 Å². The zero-order valence-corrected chi connectivity index (χ0v) is 16.8. The summed E-state index contributed by atoms with van der Waals surface area (Å²) in [4.78, 5) is 18.1. The molecule has 0 unspecified atom stereocenters. The maximum atomic E-state index is 12.9. The number of hydrogen-bond acceptors (Lipinski definition) is 6. The monoisotopic (exact) mass is 412 g/mol. The van der Waals surface area contributed by atoms with Crippen molar-refractivity contribution in [2.75, 3.05) is 5.32 Å². The van der Waals surface area contributed by atoms with Crippen LogP contribution in [0.15, 0.2) is 73.1 Å². The van der Waals surface area contributed by atoms with Gasteiger partial charge < -0.3 is 5.32 Å². The Bertz CT molecular complexity index is 1360. The molecule has 0 atom stereocenters. The van der Waals surface area contributed by atoms with E-state index in [1.807, 2.05) is 73.7 Å². The maximum absolute atomic E-state index is 12.9. The molecule has 0 saturated carbocycles. The molecule has 30 heavy (non-hydrogen) atoms. The molecule has 0 aliphatic carbocycles. The van der Waals surface area contributed by atoms with Gasteiger partial charge in [-0.1, -0.05) is 42.5 Å². The Hall–Kier alpha value is -3.91. The SMILES string of the molecule is Cc1nc(-c2ccccc2)sc1C(=O)Nc1cccc(-c2ccc3nncn3n2)c1. The molecule has 5 rings (SSSR count). The topological polar surface area (TPSA) is 85.1 Å². The fourth-order valence-corrected chi connectivity index (χ4v) is 4.10. The number of carbonyl (C=O) groups is 1. The maximum Gasteiger partial charge on any atom is 0.267 e. The largest absolute Gasteiger partial charge is 0.321 e. The van der Waals surface area contributed by atoms with Crippen LogP contribution >= 0.6 is 11.3 Å². The molecule has 0 spiro atoms. The summed E-state index contributed by atoms with van der Waals surface area (Å²) in [7, 11) is 0. The predicted molar refractivity (Wildman–Crippen MR) is 116 cm³/mol. The van der Waals surface area contributed by atoms with Crippen molar-refractivity contribution in [1.29, 1.82) is 0 Å². The first-order valence-corrected chi connectivity index (χ1v) is 10.1. The number of thiazole rings is 1. The normalized spacial score (nSPS) is 11.0. The van der Waals surface area contributed by atoms with Gasteiger partial charge in [0.15, 0.2) is 5.65 Å². The molecular weight excluding hydrogens is 396 g/mol. The average molecular weight is 412 g/mol. The Morgan fingerprint density at radius 2 is 1.83 bits per heavy atom. The minimum atomic E-state index is -0.174. The molecule has 2 aromatic carbocycles. The summed E-state index contributed by atoms with van der Waals surface area (Å²) in [6.45, 7) is 1.85. The highest BCUT2D eigenvalue weighted by Crippen LogP contribution is 2.29. The fourth-order valence-electron chi connectivity index (χ4n) is 3.14. The molecule has 0 radical (unpaired) electrons. The highest BCUT2D eigenvalue weighted by Gasteiger charge is 2.16. The van der Waals surface area contributed by atoms with E-state index in [1.54, 1.807) is 10.8 Å². The van der Waals surface area contributed by atoms with Gasteiger partial charge in [-0.25, -0.2) is 4.98 Å². The van der Waals surface area contributed by atoms with Gasteiger partial charge in [-0.15, -0.1) is 21.5 Å². The van der Waals surface area contributed by atoms with E-state index in [2.05, 4.69) is 25.6 Å². The fraction of sp³-hybridized carbons (Fsp3) is 0.0455. The van der Waals surface area contributed by atoms with Crippen molar-refractivity contribution in [3.05, 3.63) is 83.6 Å². The molecule has 146 valence electrons. The number of nitrogens with one attached hydrogen (secondary N) is 1. The van der Waals surface area contributed by atoms with Crippen molar-refractivity contribution >= 4 is 28.6 Å². The molecule has 1 N–H and O–H groups in total. The van der Waals surface area contributed by atoms with Gasteiger partial charge in [0.05, 0.1) is 11.4 Å².